The Morgan fingerprint density at radius 2 is 1.33 bits per heavy atom. The van der Waals surface area contributed by atoms with E-state index in [-0.39, 0.29) is 30.2 Å². The predicted molar refractivity (Wildman–Crippen MR) is 172 cm³/mol. The number of fused-ring (bicyclic) bond motifs is 3. The molecule has 0 spiro atoms. The smallest absolute Gasteiger partial charge is 0.407 e. The summed E-state index contributed by atoms with van der Waals surface area (Å²) in [6.07, 6.45) is -1.54. The highest BCUT2D eigenvalue weighted by Crippen LogP contribution is 2.44. The van der Waals surface area contributed by atoms with Gasteiger partial charge in [0, 0.05) is 12.5 Å². The topological polar surface area (TPSA) is 120 Å². The van der Waals surface area contributed by atoms with Crippen molar-refractivity contribution in [2.75, 3.05) is 6.61 Å². The maximum absolute atomic E-state index is 14.0. The maximum atomic E-state index is 14.0. The Morgan fingerprint density at radius 1 is 0.765 bits per heavy atom. The largest absolute Gasteiger partial charge is 0.460 e. The molecule has 266 valence electrons. The molecule has 1 aliphatic rings. The number of esters is 2. The Bertz CT molecular complexity index is 1940. The molecule has 9 nitrogen and oxygen atoms in total. The van der Waals surface area contributed by atoms with Crippen molar-refractivity contribution in [3.63, 3.8) is 0 Å². The molecule has 0 fully saturated rings. The van der Waals surface area contributed by atoms with Gasteiger partial charge >= 0.3 is 18.0 Å². The second-order valence-electron chi connectivity index (χ2n) is 12.5. The lowest BCUT2D eigenvalue weighted by atomic mass is 9.98. The highest BCUT2D eigenvalue weighted by Gasteiger charge is 2.32. The quantitative estimate of drug-likeness (QED) is 0.0607. The molecule has 2 N–H and O–H groups in total. The first-order valence-electron chi connectivity index (χ1n) is 15.6. The first-order chi connectivity index (χ1) is 24.1. The van der Waals surface area contributed by atoms with Crippen LogP contribution in [0, 0.1) is 29.1 Å². The van der Waals surface area contributed by atoms with E-state index in [1.807, 2.05) is 48.5 Å². The number of halogens is 5. The van der Waals surface area contributed by atoms with Crippen molar-refractivity contribution in [3.8, 4) is 16.9 Å². The molecule has 0 heterocycles. The van der Waals surface area contributed by atoms with Gasteiger partial charge < -0.3 is 24.8 Å². The van der Waals surface area contributed by atoms with Gasteiger partial charge in [-0.05, 0) is 60.7 Å². The standard InChI is InChI=1S/C37H31F5N2O7/c1-37(2,3)51-27(45)16-26(44-36(48)49-18-25-23-13-6-4-11-21(23)22-12-5-7-14-24(22)25)34(46)43-17-19-9-8-10-20(15-19)35(47)50-33-31(41)29(39)28(38)30(40)32(33)42/h4-15,25-26H,16-18H2,1-3H3,(H,43,46)(H,44,48)/t26-/m0/s1. The first kappa shape index (κ1) is 36.5. The van der Waals surface area contributed by atoms with Crippen molar-refractivity contribution in [2.24, 2.45) is 0 Å². The van der Waals surface area contributed by atoms with E-state index in [0.29, 0.717) is 0 Å². The number of ether oxygens (including phenoxy) is 3. The monoisotopic (exact) mass is 710 g/mol. The molecule has 0 bridgehead atoms. The Labute approximate surface area is 288 Å². The predicted octanol–water partition coefficient (Wildman–Crippen LogP) is 6.86. The number of carbonyl (C=O) groups is 4. The summed E-state index contributed by atoms with van der Waals surface area (Å²) >= 11 is 0. The van der Waals surface area contributed by atoms with E-state index in [2.05, 4.69) is 15.4 Å². The molecule has 0 aliphatic heterocycles. The minimum Gasteiger partial charge on any atom is -0.460 e. The molecule has 14 heteroatoms. The minimum absolute atomic E-state index is 0.0610. The third kappa shape index (κ3) is 8.34. The highest BCUT2D eigenvalue weighted by atomic mass is 19.2. The number of alkyl carbamates (subject to hydrolysis) is 1. The lowest BCUT2D eigenvalue weighted by Crippen LogP contribution is -2.48. The van der Waals surface area contributed by atoms with E-state index in [1.54, 1.807) is 20.8 Å². The lowest BCUT2D eigenvalue weighted by molar-refractivity contribution is -0.156. The van der Waals surface area contributed by atoms with E-state index in [4.69, 9.17) is 9.47 Å². The molecule has 4 aromatic rings. The van der Waals surface area contributed by atoms with E-state index in [0.717, 1.165) is 34.4 Å². The van der Waals surface area contributed by atoms with Gasteiger partial charge in [0.1, 0.15) is 18.2 Å². The zero-order valence-corrected chi connectivity index (χ0v) is 27.5. The average Bonchev–Trinajstić information content (AvgIpc) is 3.42. The SMILES string of the molecule is CC(C)(C)OC(=O)C[C@H](NC(=O)OCC1c2ccccc2-c2ccccc21)C(=O)NCc1cccc(C(=O)Oc2c(F)c(F)c(F)c(F)c2F)c1. The molecular formula is C37H31F5N2O7. The van der Waals surface area contributed by atoms with Crippen LogP contribution in [0.5, 0.6) is 5.75 Å². The number of benzene rings is 4. The Morgan fingerprint density at radius 3 is 1.92 bits per heavy atom. The zero-order valence-electron chi connectivity index (χ0n) is 27.5. The fourth-order valence-electron chi connectivity index (χ4n) is 5.49. The third-order valence-corrected chi connectivity index (χ3v) is 7.74. The number of carbonyl (C=O) groups excluding carboxylic acids is 4. The van der Waals surface area contributed by atoms with Crippen LogP contribution in [0.2, 0.25) is 0 Å². The summed E-state index contributed by atoms with van der Waals surface area (Å²) in [5, 5.41) is 4.94. The van der Waals surface area contributed by atoms with Crippen LogP contribution < -0.4 is 15.4 Å². The van der Waals surface area contributed by atoms with Crippen LogP contribution in [0.1, 0.15) is 60.2 Å². The summed E-state index contributed by atoms with van der Waals surface area (Å²) in [5.41, 5.74) is 2.94. The number of rotatable bonds is 10. The second-order valence-corrected chi connectivity index (χ2v) is 12.5. The molecule has 0 saturated carbocycles. The van der Waals surface area contributed by atoms with Crippen molar-refractivity contribution in [3.05, 3.63) is 124 Å². The number of amides is 2. The Balaban J connectivity index is 1.25. The van der Waals surface area contributed by atoms with Crippen LogP contribution >= 0.6 is 0 Å². The minimum atomic E-state index is -2.42. The van der Waals surface area contributed by atoms with Crippen LogP contribution in [0.3, 0.4) is 0 Å². The molecule has 4 aromatic carbocycles. The summed E-state index contributed by atoms with van der Waals surface area (Å²) in [5.74, 6) is -16.8. The summed E-state index contributed by atoms with van der Waals surface area (Å²) in [7, 11) is 0. The van der Waals surface area contributed by atoms with E-state index < -0.39 is 76.8 Å². The Hall–Kier alpha value is -5.79. The lowest BCUT2D eigenvalue weighted by Gasteiger charge is -2.23. The van der Waals surface area contributed by atoms with Gasteiger partial charge in [0.2, 0.25) is 40.7 Å². The van der Waals surface area contributed by atoms with Gasteiger partial charge in [0.15, 0.2) is 0 Å². The molecule has 0 unspecified atom stereocenters. The van der Waals surface area contributed by atoms with E-state index in [9.17, 15) is 41.1 Å². The van der Waals surface area contributed by atoms with Gasteiger partial charge in [-0.15, -0.1) is 0 Å². The third-order valence-electron chi connectivity index (χ3n) is 7.74. The number of hydrogen-bond donors (Lipinski definition) is 2. The van der Waals surface area contributed by atoms with Crippen molar-refractivity contribution in [1.82, 2.24) is 10.6 Å². The molecule has 0 aromatic heterocycles. The highest BCUT2D eigenvalue weighted by molar-refractivity contribution is 5.92. The molecule has 1 atom stereocenters. The first-order valence-corrected chi connectivity index (χ1v) is 15.6. The van der Waals surface area contributed by atoms with E-state index >= 15 is 0 Å². The fourth-order valence-corrected chi connectivity index (χ4v) is 5.49. The fraction of sp³-hybridized carbons (Fsp3) is 0.243. The molecule has 51 heavy (non-hydrogen) atoms. The molecule has 1 aliphatic carbocycles. The van der Waals surface area contributed by atoms with Crippen molar-refractivity contribution in [2.45, 2.75) is 51.3 Å². The van der Waals surface area contributed by atoms with Crippen LogP contribution in [0.4, 0.5) is 26.7 Å². The molecule has 2 amide bonds. The van der Waals surface area contributed by atoms with Gasteiger partial charge in [-0.25, -0.2) is 22.8 Å². The van der Waals surface area contributed by atoms with Crippen molar-refractivity contribution >= 4 is 23.9 Å². The van der Waals surface area contributed by atoms with Gasteiger partial charge in [0.05, 0.1) is 12.0 Å². The van der Waals surface area contributed by atoms with E-state index in [1.165, 1.54) is 12.1 Å². The van der Waals surface area contributed by atoms with Crippen LogP contribution in [-0.4, -0.2) is 42.2 Å². The average molecular weight is 711 g/mol. The summed E-state index contributed by atoms with van der Waals surface area (Å²) in [4.78, 5) is 51.6. The molecule has 5 rings (SSSR count). The van der Waals surface area contributed by atoms with Crippen LogP contribution in [-0.2, 0) is 25.6 Å². The summed E-state index contributed by atoms with van der Waals surface area (Å²) < 4.78 is 83.9. The molecular weight excluding hydrogens is 679 g/mol. The van der Waals surface area contributed by atoms with Crippen LogP contribution in [0.15, 0.2) is 72.8 Å². The van der Waals surface area contributed by atoms with Crippen molar-refractivity contribution < 1.29 is 55.3 Å². The zero-order chi connectivity index (χ0) is 37.0. The maximum Gasteiger partial charge on any atom is 0.407 e. The Kier molecular flexibility index (Phi) is 10.7. The van der Waals surface area contributed by atoms with Gasteiger partial charge in [0.25, 0.3) is 0 Å². The molecule has 0 radical (unpaired) electrons. The number of nitrogens with one attached hydrogen (secondary N) is 2. The van der Waals surface area contributed by atoms with Gasteiger partial charge in [-0.1, -0.05) is 60.7 Å². The molecule has 0 saturated heterocycles. The van der Waals surface area contributed by atoms with Crippen LogP contribution in [0.25, 0.3) is 11.1 Å². The normalized spacial score (nSPS) is 12.7. The number of hydrogen-bond acceptors (Lipinski definition) is 7. The van der Waals surface area contributed by atoms with Crippen molar-refractivity contribution in [1.29, 1.82) is 0 Å². The second kappa shape index (κ2) is 15.0. The summed E-state index contributed by atoms with van der Waals surface area (Å²) in [6.45, 7) is 4.53. The van der Waals surface area contributed by atoms with Gasteiger partial charge in [-0.2, -0.15) is 8.78 Å². The van der Waals surface area contributed by atoms with Gasteiger partial charge in [-0.3, -0.25) is 9.59 Å². The summed E-state index contributed by atoms with van der Waals surface area (Å²) in [6, 6.07) is 19.0.